The maximum absolute atomic E-state index is 13.7. The highest BCUT2D eigenvalue weighted by molar-refractivity contribution is 7.14. The van der Waals surface area contributed by atoms with Gasteiger partial charge in [-0.2, -0.15) is 13.2 Å². The Balaban J connectivity index is 1.82. The molecule has 2 heterocycles. The molecule has 0 aliphatic rings. The molecule has 1 aromatic carbocycles. The molecule has 0 radical (unpaired) electrons. The first-order valence-corrected chi connectivity index (χ1v) is 10.7. The van der Waals surface area contributed by atoms with Crippen LogP contribution < -0.4 is 10.1 Å². The molecule has 0 atom stereocenters. The van der Waals surface area contributed by atoms with Crippen molar-refractivity contribution in [2.75, 3.05) is 5.32 Å². The zero-order chi connectivity index (χ0) is 21.6. The fourth-order valence-electron chi connectivity index (χ4n) is 3.02. The molecule has 0 amide bonds. The minimum Gasteiger partial charge on any atom is -0.490 e. The third-order valence-electron chi connectivity index (χ3n) is 4.38. The summed E-state index contributed by atoms with van der Waals surface area (Å²) in [6.07, 6.45) is 3.08. The second kappa shape index (κ2) is 9.88. The van der Waals surface area contributed by atoms with E-state index in [1.54, 1.807) is 30.0 Å². The summed E-state index contributed by atoms with van der Waals surface area (Å²) < 4.78 is 46.8. The Labute approximate surface area is 177 Å². The van der Waals surface area contributed by atoms with Gasteiger partial charge in [0.1, 0.15) is 17.1 Å². The van der Waals surface area contributed by atoms with Gasteiger partial charge in [0.05, 0.1) is 17.9 Å². The molecule has 0 fully saturated rings. The number of aromatic nitrogens is 3. The SMILES string of the molecule is CCCC(CCC)Oc1ccc(Nc2nc(-c3cnccn3)cs2)cc1C(F)(F)F. The van der Waals surface area contributed by atoms with E-state index in [9.17, 15) is 13.2 Å². The second-order valence-electron chi connectivity index (χ2n) is 6.78. The Morgan fingerprint density at radius 2 is 1.87 bits per heavy atom. The van der Waals surface area contributed by atoms with Crippen LogP contribution in [0, 0.1) is 0 Å². The van der Waals surface area contributed by atoms with E-state index in [1.807, 2.05) is 13.8 Å². The van der Waals surface area contributed by atoms with Crippen molar-refractivity contribution >= 4 is 22.2 Å². The third kappa shape index (κ3) is 5.69. The average molecular weight is 437 g/mol. The van der Waals surface area contributed by atoms with Crippen LogP contribution in [0.3, 0.4) is 0 Å². The van der Waals surface area contributed by atoms with Gasteiger partial charge in [-0.1, -0.05) is 26.7 Å². The van der Waals surface area contributed by atoms with Crippen LogP contribution in [-0.4, -0.2) is 21.1 Å². The minimum absolute atomic E-state index is 0.140. The van der Waals surface area contributed by atoms with Crippen LogP contribution in [0.2, 0.25) is 0 Å². The van der Waals surface area contributed by atoms with E-state index in [2.05, 4.69) is 20.3 Å². The molecule has 0 aliphatic carbocycles. The summed E-state index contributed by atoms with van der Waals surface area (Å²) in [4.78, 5) is 12.5. The zero-order valence-electron chi connectivity index (χ0n) is 16.7. The molecule has 5 nitrogen and oxygen atoms in total. The number of nitrogens with one attached hydrogen (secondary N) is 1. The maximum atomic E-state index is 13.7. The standard InChI is InChI=1S/C21H23F3N4OS/c1-3-5-15(6-4-2)29-19-8-7-14(11-16(19)21(22,23)24)27-20-28-18(13-30-20)17-12-25-9-10-26-17/h7-13,15H,3-6H2,1-2H3,(H,27,28). The number of anilines is 2. The van der Waals surface area contributed by atoms with Gasteiger partial charge >= 0.3 is 6.18 Å². The van der Waals surface area contributed by atoms with Crippen LogP contribution in [0.15, 0.2) is 42.2 Å². The lowest BCUT2D eigenvalue weighted by atomic mass is 10.1. The number of ether oxygens (including phenoxy) is 1. The normalized spacial score (nSPS) is 11.7. The van der Waals surface area contributed by atoms with E-state index >= 15 is 0 Å². The molecule has 9 heteroatoms. The van der Waals surface area contributed by atoms with Gasteiger partial charge in [0, 0.05) is 23.5 Å². The van der Waals surface area contributed by atoms with E-state index in [4.69, 9.17) is 4.74 Å². The molecule has 0 aliphatic heterocycles. The molecular weight excluding hydrogens is 413 g/mol. The molecule has 160 valence electrons. The topological polar surface area (TPSA) is 59.9 Å². The number of rotatable bonds is 9. The number of alkyl halides is 3. The Morgan fingerprint density at radius 1 is 1.10 bits per heavy atom. The molecule has 0 bridgehead atoms. The van der Waals surface area contributed by atoms with Gasteiger partial charge in [0.15, 0.2) is 5.13 Å². The van der Waals surface area contributed by atoms with Gasteiger partial charge in [-0.3, -0.25) is 9.97 Å². The average Bonchev–Trinajstić information content (AvgIpc) is 3.18. The molecule has 3 aromatic rings. The molecule has 0 spiro atoms. The van der Waals surface area contributed by atoms with E-state index in [-0.39, 0.29) is 17.5 Å². The number of benzene rings is 1. The first kappa shape index (κ1) is 22.0. The molecule has 30 heavy (non-hydrogen) atoms. The lowest BCUT2D eigenvalue weighted by molar-refractivity contribution is -0.139. The van der Waals surface area contributed by atoms with E-state index in [0.29, 0.717) is 16.5 Å². The van der Waals surface area contributed by atoms with Gasteiger partial charge in [-0.15, -0.1) is 11.3 Å². The second-order valence-corrected chi connectivity index (χ2v) is 7.64. The molecule has 1 N–H and O–H groups in total. The largest absolute Gasteiger partial charge is 0.490 e. The fraction of sp³-hybridized carbons (Fsp3) is 0.381. The Hall–Kier alpha value is -2.68. The van der Waals surface area contributed by atoms with E-state index < -0.39 is 11.7 Å². The van der Waals surface area contributed by atoms with Crippen molar-refractivity contribution in [1.29, 1.82) is 0 Å². The van der Waals surface area contributed by atoms with Crippen LogP contribution in [0.1, 0.15) is 45.1 Å². The minimum atomic E-state index is -4.52. The van der Waals surface area contributed by atoms with Gasteiger partial charge in [-0.25, -0.2) is 4.98 Å². The number of nitrogens with zero attached hydrogens (tertiary/aromatic N) is 3. The van der Waals surface area contributed by atoms with Crippen LogP contribution in [0.25, 0.3) is 11.4 Å². The summed E-state index contributed by atoms with van der Waals surface area (Å²) in [6.45, 7) is 3.99. The van der Waals surface area contributed by atoms with Crippen LogP contribution in [0.4, 0.5) is 24.0 Å². The van der Waals surface area contributed by atoms with Gasteiger partial charge < -0.3 is 10.1 Å². The first-order chi connectivity index (χ1) is 14.4. The number of thiazole rings is 1. The lowest BCUT2D eigenvalue weighted by Crippen LogP contribution is -2.19. The smallest absolute Gasteiger partial charge is 0.420 e. The third-order valence-corrected chi connectivity index (χ3v) is 5.14. The van der Waals surface area contributed by atoms with Crippen molar-refractivity contribution in [3.8, 4) is 17.1 Å². The molecule has 0 saturated carbocycles. The predicted octanol–water partition coefficient (Wildman–Crippen LogP) is 6.71. The van der Waals surface area contributed by atoms with Crippen molar-refractivity contribution in [2.45, 2.75) is 51.8 Å². The quantitative estimate of drug-likeness (QED) is 0.404. The summed E-state index contributed by atoms with van der Waals surface area (Å²) in [5.41, 5.74) is 0.695. The fourth-order valence-corrected chi connectivity index (χ4v) is 3.75. The van der Waals surface area contributed by atoms with E-state index in [1.165, 1.54) is 17.4 Å². The summed E-state index contributed by atoms with van der Waals surface area (Å²) in [6, 6.07) is 4.01. The van der Waals surface area contributed by atoms with Crippen molar-refractivity contribution in [2.24, 2.45) is 0 Å². The summed E-state index contributed by atoms with van der Waals surface area (Å²) in [7, 11) is 0. The summed E-state index contributed by atoms with van der Waals surface area (Å²) in [5.74, 6) is -0.140. The Kier molecular flexibility index (Phi) is 7.25. The molecule has 3 rings (SSSR count). The van der Waals surface area contributed by atoms with Gasteiger partial charge in [-0.05, 0) is 31.0 Å². The Bertz CT molecular complexity index is 941. The number of halogens is 3. The van der Waals surface area contributed by atoms with Crippen molar-refractivity contribution in [1.82, 2.24) is 15.0 Å². The van der Waals surface area contributed by atoms with Gasteiger partial charge in [0.2, 0.25) is 0 Å². The summed E-state index contributed by atoms with van der Waals surface area (Å²) >= 11 is 1.28. The molecular formula is C21H23F3N4OS. The molecule has 0 saturated heterocycles. The zero-order valence-corrected chi connectivity index (χ0v) is 17.6. The van der Waals surface area contributed by atoms with Crippen LogP contribution in [-0.2, 0) is 6.18 Å². The van der Waals surface area contributed by atoms with Crippen LogP contribution in [0.5, 0.6) is 5.75 Å². The predicted molar refractivity (Wildman–Crippen MR) is 112 cm³/mol. The maximum Gasteiger partial charge on any atom is 0.420 e. The molecule has 0 unspecified atom stereocenters. The highest BCUT2D eigenvalue weighted by Gasteiger charge is 2.35. The number of hydrogen-bond donors (Lipinski definition) is 1. The number of hydrogen-bond acceptors (Lipinski definition) is 6. The lowest BCUT2D eigenvalue weighted by Gasteiger charge is -2.21. The Morgan fingerprint density at radius 3 is 2.50 bits per heavy atom. The highest BCUT2D eigenvalue weighted by atomic mass is 32.1. The van der Waals surface area contributed by atoms with E-state index in [0.717, 1.165) is 31.7 Å². The molecule has 2 aromatic heterocycles. The van der Waals surface area contributed by atoms with Crippen molar-refractivity contribution in [3.63, 3.8) is 0 Å². The monoisotopic (exact) mass is 436 g/mol. The van der Waals surface area contributed by atoms with Crippen molar-refractivity contribution < 1.29 is 17.9 Å². The van der Waals surface area contributed by atoms with Crippen molar-refractivity contribution in [3.05, 3.63) is 47.7 Å². The van der Waals surface area contributed by atoms with Gasteiger partial charge in [0.25, 0.3) is 0 Å². The summed E-state index contributed by atoms with van der Waals surface area (Å²) in [5, 5.41) is 5.18. The van der Waals surface area contributed by atoms with Crippen LogP contribution >= 0.6 is 11.3 Å². The first-order valence-electron chi connectivity index (χ1n) is 9.77. The highest BCUT2D eigenvalue weighted by Crippen LogP contribution is 2.39.